The molecule has 2 aliphatic rings. The van der Waals surface area contributed by atoms with Crippen LogP contribution in [-0.4, -0.2) is 181 Å². The fourth-order valence-electron chi connectivity index (χ4n) is 9.54. The first-order valence-electron chi connectivity index (χ1n) is 27.6. The normalized spacial score (nSPS) is 18.0. The predicted molar refractivity (Wildman–Crippen MR) is 309 cm³/mol. The van der Waals surface area contributed by atoms with Crippen molar-refractivity contribution in [1.82, 2.24) is 41.0 Å². The Hall–Kier alpha value is -6.12. The van der Waals surface area contributed by atoms with Crippen molar-refractivity contribution >= 4 is 58.1 Å². The van der Waals surface area contributed by atoms with Crippen LogP contribution in [-0.2, 0) is 60.8 Å². The molecule has 6 unspecified atom stereocenters. The fraction of sp³-hybridized carbons (Fsp3) is 0.586. The maximum atomic E-state index is 13.7. The van der Waals surface area contributed by atoms with E-state index in [1.807, 2.05) is 91.8 Å². The van der Waals surface area contributed by atoms with Crippen molar-refractivity contribution < 1.29 is 67.4 Å². The van der Waals surface area contributed by atoms with E-state index >= 15 is 0 Å². The molecule has 4 heterocycles. The minimum Gasteiger partial charge on any atom is -0.491 e. The number of nitrogens with one attached hydrogen (secondary N) is 4. The van der Waals surface area contributed by atoms with Crippen LogP contribution < -0.4 is 30.7 Å². The largest absolute Gasteiger partial charge is 0.491 e. The third kappa shape index (κ3) is 18.7. The number of aryl methyl sites for hydroxylation is 2. The number of hydrogen-bond acceptors (Lipinski definition) is 18. The maximum Gasteiger partial charge on any atom is 0.246 e. The second kappa shape index (κ2) is 30.4. The first kappa shape index (κ1) is 65.0. The molecule has 24 heteroatoms. The average molecular weight is 1180 g/mol. The Kier molecular flexibility index (Phi) is 24.1. The van der Waals surface area contributed by atoms with Gasteiger partial charge in [0.25, 0.3) is 0 Å². The molecule has 0 saturated carbocycles. The van der Waals surface area contributed by atoms with Gasteiger partial charge in [-0.15, -0.1) is 22.7 Å². The number of amides is 6. The van der Waals surface area contributed by atoms with Crippen molar-refractivity contribution in [1.29, 1.82) is 0 Å². The highest BCUT2D eigenvalue weighted by Gasteiger charge is 2.46. The van der Waals surface area contributed by atoms with Gasteiger partial charge < -0.3 is 69.7 Å². The predicted octanol–water partition coefficient (Wildman–Crippen LogP) is 4.33. The average Bonchev–Trinajstić information content (AvgIpc) is 4.28. The van der Waals surface area contributed by atoms with Gasteiger partial charge in [-0.3, -0.25) is 28.8 Å². The number of nitrogens with zero attached hydrogens (tertiary/aromatic N) is 4. The zero-order chi connectivity index (χ0) is 59.7. The fourth-order valence-corrected chi connectivity index (χ4v) is 11.1. The minimum absolute atomic E-state index is 0.0249. The molecule has 6 N–H and O–H groups in total. The van der Waals surface area contributed by atoms with E-state index in [-0.39, 0.29) is 77.3 Å². The lowest BCUT2D eigenvalue weighted by Gasteiger charge is -2.35. The molecule has 2 fully saturated rings. The summed E-state index contributed by atoms with van der Waals surface area (Å²) in [7, 11) is 0. The monoisotopic (exact) mass is 1180 g/mol. The first-order valence-corrected chi connectivity index (χ1v) is 29.4. The topological polar surface area (TPSA) is 279 Å². The number of benzene rings is 2. The van der Waals surface area contributed by atoms with Gasteiger partial charge in [-0.05, 0) is 47.9 Å². The van der Waals surface area contributed by atoms with Crippen LogP contribution in [0.1, 0.15) is 90.7 Å². The molecule has 0 spiro atoms. The van der Waals surface area contributed by atoms with Crippen LogP contribution in [0.25, 0.3) is 20.9 Å². The Morgan fingerprint density at radius 2 is 0.915 bits per heavy atom. The molecular weight excluding hydrogens is 1100 g/mol. The summed E-state index contributed by atoms with van der Waals surface area (Å²) < 4.78 is 35.4. The zero-order valence-corrected chi connectivity index (χ0v) is 50.4. The molecule has 6 rings (SSSR count). The number of carbonyl (C=O) groups excluding carboxylic acids is 6. The summed E-state index contributed by atoms with van der Waals surface area (Å²) >= 11 is 3.02. The van der Waals surface area contributed by atoms with E-state index in [2.05, 4.69) is 31.2 Å². The summed E-state index contributed by atoms with van der Waals surface area (Å²) in [6.45, 7) is 20.6. The molecule has 6 amide bonds. The standard InChI is InChI=1S/C58H82N8O14S2/c1-35-49(81-33-61-35)39-11-13-41(29-59-53(71)45-27-43(69)31-65(45)55(73)51(57(5,6)7)63-37(3)67)47(25-39)79-23-21-77-19-17-75-15-16-76-18-20-78-22-24-80-48-26-40(50-36(2)62-34-82-50)12-14-42(48)30-60-54(72)46-28-44(70)32-66(46)56(74)52(58(8,9)10)64-38(4)68/h11-14,25-26,33-34,43-46,51-52,69-70H,15-24,27-32H2,1-10H3,(H,59,71)(H,60,72)(H,63,67)(H,64,68). The molecular formula is C58H82N8O14S2. The van der Waals surface area contributed by atoms with Gasteiger partial charge in [0.1, 0.15) is 48.9 Å². The second-order valence-electron chi connectivity index (χ2n) is 22.6. The third-order valence-corrected chi connectivity index (χ3v) is 15.7. The van der Waals surface area contributed by atoms with Crippen LogP contribution in [0.4, 0.5) is 0 Å². The molecule has 450 valence electrons. The molecule has 2 saturated heterocycles. The highest BCUT2D eigenvalue weighted by molar-refractivity contribution is 7.13. The summed E-state index contributed by atoms with van der Waals surface area (Å²) in [5, 5.41) is 32.5. The van der Waals surface area contributed by atoms with Crippen molar-refractivity contribution in [2.75, 3.05) is 79.2 Å². The van der Waals surface area contributed by atoms with Crippen molar-refractivity contribution in [3.05, 3.63) is 69.9 Å². The molecule has 0 bridgehead atoms. The number of rotatable bonds is 29. The highest BCUT2D eigenvalue weighted by atomic mass is 32.1. The van der Waals surface area contributed by atoms with Gasteiger partial charge in [0.2, 0.25) is 35.4 Å². The van der Waals surface area contributed by atoms with E-state index in [9.17, 15) is 39.0 Å². The van der Waals surface area contributed by atoms with Gasteiger partial charge in [-0.2, -0.15) is 0 Å². The van der Waals surface area contributed by atoms with Crippen LogP contribution >= 0.6 is 22.7 Å². The lowest BCUT2D eigenvalue weighted by Crippen LogP contribution is -2.57. The number of carbonyl (C=O) groups is 6. The number of aliphatic hydroxyl groups is 2. The van der Waals surface area contributed by atoms with Crippen LogP contribution in [0.2, 0.25) is 0 Å². The van der Waals surface area contributed by atoms with Gasteiger partial charge in [0, 0.05) is 64.0 Å². The van der Waals surface area contributed by atoms with E-state index in [1.54, 1.807) is 11.0 Å². The molecule has 6 atom stereocenters. The van der Waals surface area contributed by atoms with E-state index in [1.165, 1.54) is 46.3 Å². The molecule has 22 nitrogen and oxygen atoms in total. The number of aliphatic hydroxyl groups excluding tert-OH is 2. The van der Waals surface area contributed by atoms with E-state index in [4.69, 9.17) is 28.4 Å². The Morgan fingerprint density at radius 1 is 0.573 bits per heavy atom. The van der Waals surface area contributed by atoms with E-state index in [0.29, 0.717) is 62.3 Å². The van der Waals surface area contributed by atoms with Crippen molar-refractivity contribution in [2.24, 2.45) is 10.8 Å². The van der Waals surface area contributed by atoms with Crippen LogP contribution in [0.15, 0.2) is 47.4 Å². The third-order valence-electron chi connectivity index (χ3n) is 13.8. The first-order chi connectivity index (χ1) is 38.9. The number of hydrogen-bond donors (Lipinski definition) is 6. The van der Waals surface area contributed by atoms with E-state index < -0.39 is 70.8 Å². The summed E-state index contributed by atoms with van der Waals surface area (Å²) in [5.41, 5.74) is 7.25. The zero-order valence-electron chi connectivity index (χ0n) is 48.8. The molecule has 2 aliphatic heterocycles. The van der Waals surface area contributed by atoms with Gasteiger partial charge in [-0.1, -0.05) is 65.8 Å². The minimum atomic E-state index is -0.927. The Morgan fingerprint density at radius 3 is 1.22 bits per heavy atom. The van der Waals surface area contributed by atoms with Gasteiger partial charge >= 0.3 is 0 Å². The Balaban J connectivity index is 0.892. The lowest BCUT2D eigenvalue weighted by molar-refractivity contribution is -0.143. The Bertz CT molecular complexity index is 2610. The smallest absolute Gasteiger partial charge is 0.246 e. The van der Waals surface area contributed by atoms with Crippen LogP contribution in [0.3, 0.4) is 0 Å². The number of ether oxygens (including phenoxy) is 6. The van der Waals surface area contributed by atoms with Crippen molar-refractivity contribution in [3.8, 4) is 32.4 Å². The molecule has 0 radical (unpaired) electrons. The molecule has 4 aromatic rings. The summed E-state index contributed by atoms with van der Waals surface area (Å²) in [4.78, 5) is 92.3. The maximum absolute atomic E-state index is 13.7. The molecule has 0 aliphatic carbocycles. The molecule has 82 heavy (non-hydrogen) atoms. The molecule has 2 aromatic carbocycles. The van der Waals surface area contributed by atoms with Gasteiger partial charge in [0.05, 0.1) is 97.2 Å². The number of thiazole rings is 2. The van der Waals surface area contributed by atoms with E-state index in [0.717, 1.165) is 32.3 Å². The molecule has 2 aromatic heterocycles. The van der Waals surface area contributed by atoms with Crippen LogP contribution in [0, 0.1) is 24.7 Å². The lowest BCUT2D eigenvalue weighted by atomic mass is 9.85. The van der Waals surface area contributed by atoms with Crippen LogP contribution in [0.5, 0.6) is 11.5 Å². The van der Waals surface area contributed by atoms with Gasteiger partial charge in [0.15, 0.2) is 0 Å². The SMILES string of the molecule is CC(=O)NC(C(=O)N1CC(O)CC1C(=O)NCc1ccc(-c2scnc2C)cc1OCCOCCOCCOCCOCCOc1cc(-c2scnc2C)ccc1CNC(=O)C1CC(O)CN1C(=O)C(NC(C)=O)C(C)(C)C)C(C)(C)C. The highest BCUT2D eigenvalue weighted by Crippen LogP contribution is 2.35. The second-order valence-corrected chi connectivity index (χ2v) is 24.3. The quantitative estimate of drug-likeness (QED) is 0.0413. The number of aromatic nitrogens is 2. The van der Waals surface area contributed by atoms with Crippen molar-refractivity contribution in [2.45, 2.75) is 132 Å². The number of β-amino-alcohol motifs (C(OH)–C–C–N with tert-alkyl or cyclic N) is 2. The number of likely N-dealkylation sites (tertiary alicyclic amines) is 2. The summed E-state index contributed by atoms with van der Waals surface area (Å²) in [6, 6.07) is 7.82. The summed E-state index contributed by atoms with van der Waals surface area (Å²) in [5.74, 6) is -1.37. The summed E-state index contributed by atoms with van der Waals surface area (Å²) in [6.07, 6.45) is -1.65. The van der Waals surface area contributed by atoms with Gasteiger partial charge in [-0.25, -0.2) is 9.97 Å². The van der Waals surface area contributed by atoms with Crippen molar-refractivity contribution in [3.63, 3.8) is 0 Å². The Labute approximate surface area is 488 Å².